The van der Waals surface area contributed by atoms with Crippen LogP contribution in [0.2, 0.25) is 0 Å². The molecule has 1 amide bonds. The summed E-state index contributed by atoms with van der Waals surface area (Å²) in [6.45, 7) is 0. The maximum Gasteiger partial charge on any atom is 0.295 e. The number of para-hydroxylation sites is 1. The Labute approximate surface area is 138 Å². The van der Waals surface area contributed by atoms with Crippen molar-refractivity contribution in [1.29, 1.82) is 0 Å². The number of nitrogens with one attached hydrogen (secondary N) is 2. The van der Waals surface area contributed by atoms with Crippen LogP contribution in [0, 0.1) is 3.57 Å². The molecule has 0 radical (unpaired) electrons. The number of benzene rings is 2. The first-order valence-electron chi connectivity index (χ1n) is 6.38. The van der Waals surface area contributed by atoms with Gasteiger partial charge in [-0.3, -0.25) is 4.79 Å². The van der Waals surface area contributed by atoms with E-state index in [1.165, 1.54) is 6.07 Å². The lowest BCUT2D eigenvalue weighted by molar-refractivity contribution is 0.102. The van der Waals surface area contributed by atoms with Crippen LogP contribution in [0.1, 0.15) is 22.6 Å². The van der Waals surface area contributed by atoms with Crippen LogP contribution in [-0.2, 0) is 0 Å². The minimum absolute atomic E-state index is 0.306. The zero-order chi connectivity index (χ0) is 15.7. The van der Waals surface area contributed by atoms with Crippen LogP contribution >= 0.6 is 22.6 Å². The zero-order valence-corrected chi connectivity index (χ0v) is 13.3. The molecule has 0 bridgehead atoms. The molecule has 3 aromatic rings. The second-order valence-corrected chi connectivity index (χ2v) is 5.75. The summed E-state index contributed by atoms with van der Waals surface area (Å²) in [4.78, 5) is 18.5. The standard InChI is InChI=1S/C15H10F2IN3O/c16-13(17)14-19-11-6-5-8(7-12(11)20-14)15(22)21-10-4-2-1-3-9(10)18/h1-7,13H,(H,19,20)(H,21,22). The minimum atomic E-state index is -2.67. The summed E-state index contributed by atoms with van der Waals surface area (Å²) >= 11 is 2.12. The fourth-order valence-corrected chi connectivity index (χ4v) is 2.55. The third-order valence-corrected chi connectivity index (χ3v) is 4.03. The molecule has 0 aliphatic heterocycles. The summed E-state index contributed by atoms with van der Waals surface area (Å²) < 4.78 is 26.2. The quantitative estimate of drug-likeness (QED) is 0.628. The second-order valence-electron chi connectivity index (χ2n) is 4.59. The van der Waals surface area contributed by atoms with Gasteiger partial charge in [-0.15, -0.1) is 0 Å². The van der Waals surface area contributed by atoms with E-state index in [9.17, 15) is 13.6 Å². The zero-order valence-electron chi connectivity index (χ0n) is 11.1. The Morgan fingerprint density at radius 1 is 1.23 bits per heavy atom. The number of amides is 1. The molecule has 0 saturated heterocycles. The molecule has 0 aliphatic carbocycles. The van der Waals surface area contributed by atoms with Crippen LogP contribution in [0.25, 0.3) is 11.0 Å². The molecule has 2 N–H and O–H groups in total. The maximum atomic E-state index is 12.6. The molecular weight excluding hydrogens is 403 g/mol. The number of nitrogens with zero attached hydrogens (tertiary/aromatic N) is 1. The van der Waals surface area contributed by atoms with Gasteiger partial charge < -0.3 is 10.3 Å². The van der Waals surface area contributed by atoms with Gasteiger partial charge in [-0.25, -0.2) is 13.8 Å². The van der Waals surface area contributed by atoms with Gasteiger partial charge in [0.05, 0.1) is 16.7 Å². The predicted octanol–water partition coefficient (Wildman–Crippen LogP) is 4.36. The number of rotatable bonds is 3. The van der Waals surface area contributed by atoms with Gasteiger partial charge in [-0.2, -0.15) is 0 Å². The van der Waals surface area contributed by atoms with Crippen LogP contribution in [0.4, 0.5) is 14.5 Å². The van der Waals surface area contributed by atoms with Gasteiger partial charge in [-0.05, 0) is 52.9 Å². The predicted molar refractivity (Wildman–Crippen MR) is 88.2 cm³/mol. The number of carbonyl (C=O) groups excluding carboxylic acids is 1. The Balaban J connectivity index is 1.89. The fraction of sp³-hybridized carbons (Fsp3) is 0.0667. The van der Waals surface area contributed by atoms with Gasteiger partial charge in [0, 0.05) is 9.13 Å². The molecule has 0 atom stereocenters. The first kappa shape index (κ1) is 14.9. The molecule has 112 valence electrons. The van der Waals surface area contributed by atoms with E-state index < -0.39 is 12.2 Å². The van der Waals surface area contributed by atoms with E-state index in [0.29, 0.717) is 22.3 Å². The number of H-pyrrole nitrogens is 1. The Morgan fingerprint density at radius 2 is 2.00 bits per heavy atom. The van der Waals surface area contributed by atoms with Crippen molar-refractivity contribution in [2.45, 2.75) is 6.43 Å². The molecule has 22 heavy (non-hydrogen) atoms. The number of aromatic nitrogens is 2. The topological polar surface area (TPSA) is 57.8 Å². The number of hydrogen-bond donors (Lipinski definition) is 2. The van der Waals surface area contributed by atoms with Crippen molar-refractivity contribution in [3.05, 3.63) is 57.4 Å². The van der Waals surface area contributed by atoms with Gasteiger partial charge in [0.25, 0.3) is 12.3 Å². The number of carbonyl (C=O) groups is 1. The van der Waals surface area contributed by atoms with Crippen molar-refractivity contribution in [1.82, 2.24) is 9.97 Å². The number of anilines is 1. The highest BCUT2D eigenvalue weighted by molar-refractivity contribution is 14.1. The summed E-state index contributed by atoms with van der Waals surface area (Å²) in [5.74, 6) is -0.704. The molecule has 1 aromatic heterocycles. The number of alkyl halides is 2. The number of hydrogen-bond acceptors (Lipinski definition) is 2. The highest BCUT2D eigenvalue weighted by atomic mass is 127. The lowest BCUT2D eigenvalue weighted by atomic mass is 10.2. The molecule has 0 fully saturated rings. The lowest BCUT2D eigenvalue weighted by Crippen LogP contribution is -2.12. The van der Waals surface area contributed by atoms with Crippen molar-refractivity contribution in [2.24, 2.45) is 0 Å². The number of aromatic amines is 1. The number of fused-ring (bicyclic) bond motifs is 1. The molecule has 1 heterocycles. The van der Waals surface area contributed by atoms with E-state index in [1.54, 1.807) is 18.2 Å². The molecule has 0 saturated carbocycles. The Morgan fingerprint density at radius 3 is 2.73 bits per heavy atom. The first-order chi connectivity index (χ1) is 10.5. The summed E-state index contributed by atoms with van der Waals surface area (Å²) in [7, 11) is 0. The van der Waals surface area contributed by atoms with E-state index >= 15 is 0 Å². The lowest BCUT2D eigenvalue weighted by Gasteiger charge is -2.07. The van der Waals surface area contributed by atoms with Crippen molar-refractivity contribution in [2.75, 3.05) is 5.32 Å². The van der Waals surface area contributed by atoms with Gasteiger partial charge >= 0.3 is 0 Å². The van der Waals surface area contributed by atoms with Crippen molar-refractivity contribution in [3.63, 3.8) is 0 Å². The molecule has 4 nitrogen and oxygen atoms in total. The van der Waals surface area contributed by atoms with Crippen LogP contribution < -0.4 is 5.32 Å². The SMILES string of the molecule is O=C(Nc1ccccc1I)c1ccc2nc(C(F)F)[nH]c2c1. The maximum absolute atomic E-state index is 12.6. The molecule has 2 aromatic carbocycles. The van der Waals surface area contributed by atoms with E-state index in [4.69, 9.17) is 0 Å². The number of halogens is 3. The summed E-state index contributed by atoms with van der Waals surface area (Å²) in [6.07, 6.45) is -2.67. The Hall–Kier alpha value is -2.03. The average molecular weight is 413 g/mol. The summed E-state index contributed by atoms with van der Waals surface area (Å²) in [5.41, 5.74) is 1.88. The van der Waals surface area contributed by atoms with E-state index in [2.05, 4.69) is 37.9 Å². The highest BCUT2D eigenvalue weighted by Gasteiger charge is 2.14. The van der Waals surface area contributed by atoms with E-state index in [0.717, 1.165) is 3.57 Å². The van der Waals surface area contributed by atoms with Crippen LogP contribution in [0.5, 0.6) is 0 Å². The second kappa shape index (κ2) is 5.99. The number of imidazole rings is 1. The Bertz CT molecular complexity index is 848. The Kier molecular flexibility index (Phi) is 4.06. The third-order valence-electron chi connectivity index (χ3n) is 3.09. The van der Waals surface area contributed by atoms with Gasteiger partial charge in [0.1, 0.15) is 0 Å². The van der Waals surface area contributed by atoms with Crippen LogP contribution in [0.15, 0.2) is 42.5 Å². The molecular formula is C15H10F2IN3O. The van der Waals surface area contributed by atoms with Gasteiger partial charge in [-0.1, -0.05) is 12.1 Å². The largest absolute Gasteiger partial charge is 0.337 e. The highest BCUT2D eigenvalue weighted by Crippen LogP contribution is 2.22. The molecule has 3 rings (SSSR count). The van der Waals surface area contributed by atoms with Crippen LogP contribution in [0.3, 0.4) is 0 Å². The van der Waals surface area contributed by atoms with Crippen molar-refractivity contribution < 1.29 is 13.6 Å². The monoisotopic (exact) mass is 413 g/mol. The normalized spacial score (nSPS) is 11.1. The molecule has 7 heteroatoms. The third kappa shape index (κ3) is 2.94. The smallest absolute Gasteiger partial charge is 0.295 e. The summed E-state index contributed by atoms with van der Waals surface area (Å²) in [6, 6.07) is 12.0. The van der Waals surface area contributed by atoms with E-state index in [1.807, 2.05) is 18.2 Å². The fourth-order valence-electron chi connectivity index (χ4n) is 2.03. The molecule has 0 aliphatic rings. The van der Waals surface area contributed by atoms with E-state index in [-0.39, 0.29) is 5.91 Å². The average Bonchev–Trinajstić information content (AvgIpc) is 2.93. The van der Waals surface area contributed by atoms with Gasteiger partial charge in [0.2, 0.25) is 0 Å². The van der Waals surface area contributed by atoms with Gasteiger partial charge in [0.15, 0.2) is 5.82 Å². The summed E-state index contributed by atoms with van der Waals surface area (Å²) in [5, 5.41) is 2.79. The van der Waals surface area contributed by atoms with Crippen molar-refractivity contribution in [3.8, 4) is 0 Å². The van der Waals surface area contributed by atoms with Crippen LogP contribution in [-0.4, -0.2) is 15.9 Å². The van der Waals surface area contributed by atoms with Crippen molar-refractivity contribution >= 4 is 45.2 Å². The molecule has 0 unspecified atom stereocenters. The first-order valence-corrected chi connectivity index (χ1v) is 7.46. The molecule has 0 spiro atoms. The minimum Gasteiger partial charge on any atom is -0.337 e.